The Morgan fingerprint density at radius 2 is 1.93 bits per heavy atom. The largest absolute Gasteiger partial charge is 0.479 e. The average Bonchev–Trinajstić information content (AvgIpc) is 3.88. The highest BCUT2D eigenvalue weighted by Gasteiger charge is 2.96. The van der Waals surface area contributed by atoms with Gasteiger partial charge >= 0.3 is 12.1 Å². The third-order valence-corrected chi connectivity index (χ3v) is 10.8. The lowest BCUT2D eigenvalue weighted by molar-refractivity contribution is -0.177. The number of likely N-dealkylation sites (tertiary alicyclic amines) is 1. The number of piperidine rings is 1. The van der Waals surface area contributed by atoms with Gasteiger partial charge in [-0.15, -0.1) is 0 Å². The third-order valence-electron chi connectivity index (χ3n) is 10.8. The molecule has 4 fully saturated rings. The van der Waals surface area contributed by atoms with E-state index in [1.807, 2.05) is 26.1 Å². The van der Waals surface area contributed by atoms with Gasteiger partial charge in [-0.1, -0.05) is 13.8 Å². The molecule has 0 aromatic carbocycles. The Bertz CT molecular complexity index is 1460. The van der Waals surface area contributed by atoms with Crippen molar-refractivity contribution in [2.75, 3.05) is 13.7 Å². The first-order chi connectivity index (χ1) is 21.0. The minimum Gasteiger partial charge on any atom is -0.479 e. The molecule has 0 aromatic rings. The number of alkyl halides is 3. The van der Waals surface area contributed by atoms with E-state index in [1.54, 1.807) is 24.3 Å². The molecule has 244 valence electrons. The van der Waals surface area contributed by atoms with Crippen LogP contribution in [-0.2, 0) is 23.9 Å². The van der Waals surface area contributed by atoms with Gasteiger partial charge in [-0.05, 0) is 50.5 Å². The molecule has 3 aliphatic heterocycles. The van der Waals surface area contributed by atoms with Crippen LogP contribution in [0.5, 0.6) is 0 Å². The molecule has 6 rings (SSSR count). The van der Waals surface area contributed by atoms with Gasteiger partial charge in [0.1, 0.15) is 23.8 Å². The van der Waals surface area contributed by atoms with Crippen LogP contribution in [0, 0.1) is 34.0 Å². The number of carbonyl (C=O) groups excluding carboxylic acids is 3. The zero-order valence-corrected chi connectivity index (χ0v) is 26.0. The summed E-state index contributed by atoms with van der Waals surface area (Å²) in [5, 5.41) is 16.5. The number of carbonyl (C=O) groups is 3. The van der Waals surface area contributed by atoms with Gasteiger partial charge in [0.15, 0.2) is 0 Å². The molecular weight excluding hydrogens is 595 g/mol. The number of rotatable bonds is 9. The Labute approximate surface area is 259 Å². The first-order valence-corrected chi connectivity index (χ1v) is 15.1. The molecule has 3 N–H and O–H groups in total. The zero-order valence-electron chi connectivity index (χ0n) is 26.0. The highest BCUT2D eigenvalue weighted by atomic mass is 19.4. The van der Waals surface area contributed by atoms with Crippen molar-refractivity contribution in [3.05, 3.63) is 23.7 Å². The number of hydrogen-bond donors (Lipinski definition) is 3. The van der Waals surface area contributed by atoms with Crippen LogP contribution in [0.3, 0.4) is 0 Å². The van der Waals surface area contributed by atoms with Gasteiger partial charge < -0.3 is 25.0 Å². The minimum absolute atomic E-state index is 0.136. The number of fused-ring (bicyclic) bond motifs is 2. The van der Waals surface area contributed by atoms with Gasteiger partial charge in [-0.2, -0.15) is 18.4 Å². The van der Waals surface area contributed by atoms with Crippen LogP contribution in [0.25, 0.3) is 0 Å². The summed E-state index contributed by atoms with van der Waals surface area (Å²) >= 11 is 0. The lowest BCUT2D eigenvalue weighted by Crippen LogP contribution is -2.60. The van der Waals surface area contributed by atoms with Crippen molar-refractivity contribution in [3.63, 3.8) is 0 Å². The van der Waals surface area contributed by atoms with E-state index in [0.717, 1.165) is 5.57 Å². The van der Waals surface area contributed by atoms with Crippen molar-refractivity contribution in [2.45, 2.75) is 95.9 Å². The Hall–Kier alpha value is -3.64. The summed E-state index contributed by atoms with van der Waals surface area (Å²) in [6.45, 7) is 9.39. The first-order valence-electron chi connectivity index (χ1n) is 15.1. The van der Waals surface area contributed by atoms with Crippen molar-refractivity contribution in [1.29, 1.82) is 5.26 Å². The topological polar surface area (TPSA) is 148 Å². The molecule has 15 heteroatoms. The summed E-state index contributed by atoms with van der Waals surface area (Å²) in [5.74, 6) is -3.31. The Morgan fingerprint density at radius 3 is 2.51 bits per heavy atom. The molecule has 3 heterocycles. The predicted octanol–water partition coefficient (Wildman–Crippen LogP) is 1.87. The number of methoxy groups -OCH3 is 1. The molecule has 6 aliphatic rings. The highest BCUT2D eigenvalue weighted by Crippen LogP contribution is 2.94. The molecule has 45 heavy (non-hydrogen) atoms. The predicted molar refractivity (Wildman–Crippen MR) is 152 cm³/mol. The van der Waals surface area contributed by atoms with Crippen LogP contribution < -0.4 is 16.1 Å². The van der Waals surface area contributed by atoms with E-state index in [0.29, 0.717) is 24.4 Å². The zero-order chi connectivity index (χ0) is 32.9. The number of hydrazine groups is 1. The number of amides is 3. The van der Waals surface area contributed by atoms with Crippen molar-refractivity contribution >= 4 is 23.6 Å². The fourth-order valence-corrected chi connectivity index (χ4v) is 8.06. The van der Waals surface area contributed by atoms with Crippen molar-refractivity contribution in [1.82, 2.24) is 26.0 Å². The maximum absolute atomic E-state index is 14.1. The summed E-state index contributed by atoms with van der Waals surface area (Å²) in [5.41, 5.74) is 3.59. The molecule has 3 aliphatic carbocycles. The molecule has 12 nitrogen and oxygen atoms in total. The molecule has 3 amide bonds. The smallest absolute Gasteiger partial charge is 0.471 e. The van der Waals surface area contributed by atoms with Crippen molar-refractivity contribution < 1.29 is 37.0 Å². The quantitative estimate of drug-likeness (QED) is 0.349. The van der Waals surface area contributed by atoms with Crippen LogP contribution >= 0.6 is 0 Å². The normalized spacial score (nSPS) is 33.1. The molecule has 8 atom stereocenters. The fraction of sp³-hybridized carbons (Fsp3) is 0.700. The fourth-order valence-electron chi connectivity index (χ4n) is 8.06. The summed E-state index contributed by atoms with van der Waals surface area (Å²) in [6, 6.07) is -1.72. The maximum atomic E-state index is 14.1. The molecule has 1 saturated heterocycles. The maximum Gasteiger partial charge on any atom is 0.471 e. The Kier molecular flexibility index (Phi) is 7.09. The van der Waals surface area contributed by atoms with E-state index in [-0.39, 0.29) is 41.7 Å². The number of nitrogens with zero attached hydrogens (tertiary/aromatic N) is 4. The van der Waals surface area contributed by atoms with Gasteiger partial charge in [0, 0.05) is 42.7 Å². The van der Waals surface area contributed by atoms with Crippen LogP contribution in [0.15, 0.2) is 28.7 Å². The van der Waals surface area contributed by atoms with E-state index < -0.39 is 53.7 Å². The molecule has 0 radical (unpaired) electrons. The van der Waals surface area contributed by atoms with Gasteiger partial charge in [0.25, 0.3) is 0 Å². The van der Waals surface area contributed by atoms with E-state index in [1.165, 1.54) is 18.9 Å². The Morgan fingerprint density at radius 1 is 1.24 bits per heavy atom. The monoisotopic (exact) mass is 633 g/mol. The van der Waals surface area contributed by atoms with Crippen LogP contribution in [0.1, 0.15) is 53.9 Å². The Balaban J connectivity index is 1.24. The number of aliphatic imine (C=N–C) groups is 1. The molecule has 0 aromatic heterocycles. The van der Waals surface area contributed by atoms with E-state index in [4.69, 9.17) is 9.47 Å². The second kappa shape index (κ2) is 10.2. The second-order valence-corrected chi connectivity index (χ2v) is 13.8. The van der Waals surface area contributed by atoms with Gasteiger partial charge in [-0.25, -0.2) is 10.4 Å². The lowest BCUT2D eigenvalue weighted by Gasteiger charge is -2.34. The molecular formula is C30H38F3N7O5. The standard InChI is InChI=1S/C30H38F3N7O5/c1-14-17(20-24(44-6)35-9-10-40(20)38-14)11-16(12-34)36-23(41)21-18-22-27(3,4)29(18,22)13-39(21)25(42)19(37-26(43)30(31,32)33)15(2)45-28(5)7-8-28/h9-10,14-16,18-19,21-22,38H,7-8,11,13H2,1-6H3,(H,36,41)(H,37,43)/t14?,15-,16?,18+,19+,21+,22+,29?/m1/s1. The number of nitriles is 1. The van der Waals surface area contributed by atoms with Gasteiger partial charge in [0.2, 0.25) is 17.7 Å². The second-order valence-electron chi connectivity index (χ2n) is 13.8. The molecule has 1 spiro atoms. The molecule has 0 bridgehead atoms. The van der Waals surface area contributed by atoms with Gasteiger partial charge in [-0.3, -0.25) is 19.4 Å². The van der Waals surface area contributed by atoms with Crippen LogP contribution in [0.2, 0.25) is 0 Å². The lowest BCUT2D eigenvalue weighted by atomic mass is 9.84. The van der Waals surface area contributed by atoms with E-state index in [9.17, 15) is 32.8 Å². The van der Waals surface area contributed by atoms with Crippen LogP contribution in [-0.4, -0.2) is 89.2 Å². The minimum atomic E-state index is -5.22. The highest BCUT2D eigenvalue weighted by molar-refractivity contribution is 5.96. The number of halogens is 3. The summed E-state index contributed by atoms with van der Waals surface area (Å²) in [6.07, 6.45) is -1.53. The van der Waals surface area contributed by atoms with Crippen molar-refractivity contribution in [2.24, 2.45) is 27.7 Å². The van der Waals surface area contributed by atoms with Gasteiger partial charge in [0.05, 0.1) is 24.9 Å². The third kappa shape index (κ3) is 4.88. The molecule has 3 saturated carbocycles. The molecule has 3 unspecified atom stereocenters. The summed E-state index contributed by atoms with van der Waals surface area (Å²) in [4.78, 5) is 45.6. The average molecular weight is 634 g/mol. The summed E-state index contributed by atoms with van der Waals surface area (Å²) < 4.78 is 51.3. The summed E-state index contributed by atoms with van der Waals surface area (Å²) in [7, 11) is 1.48. The SMILES string of the molecule is COC1=NC=CN2NC(C)C(CC(C#N)NC(=O)[C@@H]3[C@H]4[C@H]5C(C)(C)C45CN3C(=O)[C@@H](NC(=O)C(F)(F)F)[C@@H](C)OC3(C)CC3)=C12. The first kappa shape index (κ1) is 31.3. The van der Waals surface area contributed by atoms with E-state index in [2.05, 4.69) is 21.8 Å². The van der Waals surface area contributed by atoms with Crippen LogP contribution in [0.4, 0.5) is 13.2 Å². The number of hydrogen-bond acceptors (Lipinski definition) is 9. The van der Waals surface area contributed by atoms with Crippen molar-refractivity contribution in [3.8, 4) is 6.07 Å². The number of ether oxygens (including phenoxy) is 2. The number of nitrogens with one attached hydrogen (secondary N) is 3. The van der Waals surface area contributed by atoms with E-state index >= 15 is 0 Å².